The van der Waals surface area contributed by atoms with Crippen LogP contribution in [0, 0.1) is 0 Å². The van der Waals surface area contributed by atoms with Gasteiger partial charge in [0.05, 0.1) is 12.2 Å². The lowest BCUT2D eigenvalue weighted by Gasteiger charge is -2.17. The van der Waals surface area contributed by atoms with Crippen molar-refractivity contribution in [2.45, 2.75) is 90.9 Å². The Morgan fingerprint density at radius 1 is 0.628 bits per heavy atom. The standard InChI is InChI=1S/C37H45NO3S2/c1-3-5-7-9-10-11-12-14-26-40-31-20-15-28(16-21-31)29-17-22-32(23-18-29)41-37(39)30-19-24-33-34(27-30)36(43)38(35(33)42)25-13-8-6-4-2/h15-24,27H,3-14,25-26H2,1-2H3. The Hall–Kier alpha value is -3.09. The lowest BCUT2D eigenvalue weighted by molar-refractivity contribution is 0.0734. The van der Waals surface area contributed by atoms with Crippen LogP contribution in [0.4, 0.5) is 0 Å². The zero-order valence-corrected chi connectivity index (χ0v) is 27.4. The van der Waals surface area contributed by atoms with Gasteiger partial charge in [-0.15, -0.1) is 0 Å². The molecule has 0 saturated carbocycles. The van der Waals surface area contributed by atoms with Gasteiger partial charge < -0.3 is 14.4 Å². The van der Waals surface area contributed by atoms with Crippen LogP contribution in [-0.4, -0.2) is 34.0 Å². The topological polar surface area (TPSA) is 38.8 Å². The molecule has 0 unspecified atom stereocenters. The zero-order valence-electron chi connectivity index (χ0n) is 25.7. The number of ether oxygens (including phenoxy) is 2. The SMILES string of the molecule is CCCCCCCCCCOc1ccc(-c2ccc(OC(=O)c3ccc4c(c3)C(=S)N(CCCCCC)C4=S)cc2)cc1. The van der Waals surface area contributed by atoms with E-state index in [2.05, 4.69) is 26.0 Å². The molecule has 0 atom stereocenters. The van der Waals surface area contributed by atoms with Crippen molar-refractivity contribution in [2.75, 3.05) is 13.2 Å². The molecule has 0 fully saturated rings. The summed E-state index contributed by atoms with van der Waals surface area (Å²) in [7, 11) is 0. The van der Waals surface area contributed by atoms with E-state index < -0.39 is 5.97 Å². The van der Waals surface area contributed by atoms with E-state index in [1.165, 1.54) is 57.8 Å². The first-order valence-corrected chi connectivity index (χ1v) is 16.9. The third kappa shape index (κ3) is 9.45. The van der Waals surface area contributed by atoms with Gasteiger partial charge in [-0.1, -0.05) is 133 Å². The van der Waals surface area contributed by atoms with Gasteiger partial charge in [0.2, 0.25) is 0 Å². The van der Waals surface area contributed by atoms with Gasteiger partial charge in [0.25, 0.3) is 0 Å². The van der Waals surface area contributed by atoms with E-state index in [0.717, 1.165) is 65.4 Å². The molecule has 0 radical (unpaired) electrons. The first kappa shape index (κ1) is 32.8. The number of esters is 1. The van der Waals surface area contributed by atoms with Gasteiger partial charge >= 0.3 is 5.97 Å². The molecule has 0 bridgehead atoms. The van der Waals surface area contributed by atoms with Gasteiger partial charge in [-0.05, 0) is 60.4 Å². The van der Waals surface area contributed by atoms with Gasteiger partial charge in [0.15, 0.2) is 0 Å². The number of rotatable bonds is 18. The van der Waals surface area contributed by atoms with Crippen molar-refractivity contribution in [3.8, 4) is 22.6 Å². The van der Waals surface area contributed by atoms with Crippen molar-refractivity contribution in [3.05, 3.63) is 83.4 Å². The van der Waals surface area contributed by atoms with Crippen LogP contribution in [0.5, 0.6) is 11.5 Å². The Morgan fingerprint density at radius 3 is 1.79 bits per heavy atom. The highest BCUT2D eigenvalue weighted by molar-refractivity contribution is 7.82. The van der Waals surface area contributed by atoms with Gasteiger partial charge in [-0.3, -0.25) is 0 Å². The molecule has 4 nitrogen and oxygen atoms in total. The fourth-order valence-electron chi connectivity index (χ4n) is 5.37. The van der Waals surface area contributed by atoms with E-state index in [9.17, 15) is 4.79 Å². The molecule has 1 aliphatic heterocycles. The maximum absolute atomic E-state index is 13.0. The van der Waals surface area contributed by atoms with Crippen molar-refractivity contribution in [3.63, 3.8) is 0 Å². The molecule has 4 rings (SSSR count). The molecule has 228 valence electrons. The molecule has 43 heavy (non-hydrogen) atoms. The van der Waals surface area contributed by atoms with Crippen LogP contribution in [0.25, 0.3) is 11.1 Å². The maximum Gasteiger partial charge on any atom is 0.343 e. The van der Waals surface area contributed by atoms with Gasteiger partial charge in [-0.25, -0.2) is 4.79 Å². The summed E-state index contributed by atoms with van der Waals surface area (Å²) in [5, 5.41) is 0. The normalized spacial score (nSPS) is 12.5. The van der Waals surface area contributed by atoms with Gasteiger partial charge in [0.1, 0.15) is 21.5 Å². The minimum absolute atomic E-state index is 0.413. The van der Waals surface area contributed by atoms with Crippen molar-refractivity contribution < 1.29 is 14.3 Å². The number of hydrogen-bond donors (Lipinski definition) is 0. The maximum atomic E-state index is 13.0. The van der Waals surface area contributed by atoms with Crippen LogP contribution in [0.2, 0.25) is 0 Å². The molecule has 0 aliphatic carbocycles. The monoisotopic (exact) mass is 615 g/mol. The highest BCUT2D eigenvalue weighted by Crippen LogP contribution is 2.28. The molecule has 0 spiro atoms. The minimum Gasteiger partial charge on any atom is -0.494 e. The summed E-state index contributed by atoms with van der Waals surface area (Å²) in [5.74, 6) is 0.977. The summed E-state index contributed by atoms with van der Waals surface area (Å²) in [4.78, 5) is 16.5. The second kappa shape index (κ2) is 17.3. The predicted octanol–water partition coefficient (Wildman–Crippen LogP) is 10.3. The molecule has 0 N–H and O–H groups in total. The second-order valence-corrected chi connectivity index (χ2v) is 12.1. The van der Waals surface area contributed by atoms with E-state index >= 15 is 0 Å². The van der Waals surface area contributed by atoms with Crippen LogP contribution in [0.3, 0.4) is 0 Å². The molecule has 1 heterocycles. The van der Waals surface area contributed by atoms with Crippen molar-refractivity contribution in [2.24, 2.45) is 0 Å². The molecular formula is C37H45NO3S2. The number of carbonyl (C=O) groups is 1. The van der Waals surface area contributed by atoms with Gasteiger partial charge in [-0.2, -0.15) is 0 Å². The number of fused-ring (bicyclic) bond motifs is 1. The van der Waals surface area contributed by atoms with Crippen LogP contribution in [0.15, 0.2) is 66.7 Å². The van der Waals surface area contributed by atoms with Crippen LogP contribution in [0.1, 0.15) is 112 Å². The summed E-state index contributed by atoms with van der Waals surface area (Å²) < 4.78 is 11.6. The van der Waals surface area contributed by atoms with E-state index in [1.54, 1.807) is 6.07 Å². The Morgan fingerprint density at radius 2 is 1.16 bits per heavy atom. The number of thiocarbonyl (C=S) groups is 2. The van der Waals surface area contributed by atoms with Crippen LogP contribution < -0.4 is 9.47 Å². The van der Waals surface area contributed by atoms with E-state index in [-0.39, 0.29) is 0 Å². The smallest absolute Gasteiger partial charge is 0.343 e. The Labute approximate surface area is 268 Å². The molecule has 1 aliphatic rings. The van der Waals surface area contributed by atoms with Crippen LogP contribution in [-0.2, 0) is 0 Å². The highest BCUT2D eigenvalue weighted by Gasteiger charge is 2.29. The number of hydrogen-bond acceptors (Lipinski definition) is 5. The summed E-state index contributed by atoms with van der Waals surface area (Å²) in [6.07, 6.45) is 14.9. The number of benzene rings is 3. The zero-order chi connectivity index (χ0) is 30.4. The third-order valence-corrected chi connectivity index (χ3v) is 8.84. The highest BCUT2D eigenvalue weighted by atomic mass is 32.1. The van der Waals surface area contributed by atoms with E-state index in [0.29, 0.717) is 16.3 Å². The lowest BCUT2D eigenvalue weighted by atomic mass is 10.1. The largest absolute Gasteiger partial charge is 0.494 e. The molecule has 0 aromatic heterocycles. The lowest BCUT2D eigenvalue weighted by Crippen LogP contribution is -2.29. The molecular weight excluding hydrogens is 571 g/mol. The van der Waals surface area contributed by atoms with Crippen molar-refractivity contribution in [1.29, 1.82) is 0 Å². The fraction of sp³-hybridized carbons (Fsp3) is 0.432. The number of carbonyl (C=O) groups excluding carboxylic acids is 1. The summed E-state index contributed by atoms with van der Waals surface area (Å²) >= 11 is 11.4. The third-order valence-electron chi connectivity index (χ3n) is 7.96. The summed E-state index contributed by atoms with van der Waals surface area (Å²) in [5.41, 5.74) is 4.35. The van der Waals surface area contributed by atoms with E-state index in [4.69, 9.17) is 33.9 Å². The summed E-state index contributed by atoms with van der Waals surface area (Å²) in [6, 6.07) is 21.2. The molecule has 3 aromatic rings. The quantitative estimate of drug-likeness (QED) is 0.0614. The Balaban J connectivity index is 1.25. The van der Waals surface area contributed by atoms with Gasteiger partial charge in [0, 0.05) is 17.7 Å². The summed E-state index contributed by atoms with van der Waals surface area (Å²) in [6.45, 7) is 6.03. The number of unbranched alkanes of at least 4 members (excludes halogenated alkanes) is 10. The molecule has 0 saturated heterocycles. The van der Waals surface area contributed by atoms with E-state index in [1.807, 2.05) is 53.4 Å². The molecule has 6 heteroatoms. The molecule has 0 amide bonds. The molecule has 3 aromatic carbocycles. The minimum atomic E-state index is -0.413. The average molecular weight is 616 g/mol. The first-order chi connectivity index (χ1) is 21.0. The Bertz CT molecular complexity index is 1350. The fourth-order valence-corrected chi connectivity index (χ4v) is 6.14. The Kier molecular flexibility index (Phi) is 13.2. The van der Waals surface area contributed by atoms with Crippen molar-refractivity contribution in [1.82, 2.24) is 4.90 Å². The van der Waals surface area contributed by atoms with Crippen molar-refractivity contribution >= 4 is 40.4 Å². The second-order valence-electron chi connectivity index (χ2n) is 11.3. The first-order valence-electron chi connectivity index (χ1n) is 16.1. The average Bonchev–Trinajstić information content (AvgIpc) is 3.27. The number of nitrogens with zero attached hydrogens (tertiary/aromatic N) is 1. The van der Waals surface area contributed by atoms with Crippen LogP contribution >= 0.6 is 24.4 Å². The predicted molar refractivity (Wildman–Crippen MR) is 186 cm³/mol.